The van der Waals surface area contributed by atoms with Crippen LogP contribution in [0, 0.1) is 20.8 Å². The van der Waals surface area contributed by atoms with Gasteiger partial charge in [-0.15, -0.1) is 0 Å². The first kappa shape index (κ1) is 18.9. The first-order valence-electron chi connectivity index (χ1n) is 7.76. The highest BCUT2D eigenvalue weighted by atomic mass is 32.2. The van der Waals surface area contributed by atoms with Crippen LogP contribution in [-0.4, -0.2) is 29.1 Å². The Kier molecular flexibility index (Phi) is 6.79. The third-order valence-corrected chi connectivity index (χ3v) is 4.65. The van der Waals surface area contributed by atoms with E-state index in [9.17, 15) is 4.79 Å². The van der Waals surface area contributed by atoms with E-state index in [1.165, 1.54) is 5.56 Å². The summed E-state index contributed by atoms with van der Waals surface area (Å²) in [5.74, 6) is 1.64. The molecule has 0 unspecified atom stereocenters. The lowest BCUT2D eigenvalue weighted by Crippen LogP contribution is -2.37. The average molecular weight is 324 g/mol. The standard InChI is InChI=1S/C18H29NO2S/c1-12-10-13(2)14(3)16(11-12)21-15(4)17(20)19-8-9-22-18(5,6)7/h10-11,15H,8-9H2,1-7H3,(H,19,20)/t15-/m1/s1. The summed E-state index contributed by atoms with van der Waals surface area (Å²) in [6.45, 7) is 15.1. The monoisotopic (exact) mass is 323 g/mol. The number of amides is 1. The molecule has 0 aliphatic carbocycles. The van der Waals surface area contributed by atoms with Crippen LogP contribution in [0.3, 0.4) is 0 Å². The zero-order chi connectivity index (χ0) is 16.9. The van der Waals surface area contributed by atoms with Gasteiger partial charge >= 0.3 is 0 Å². The topological polar surface area (TPSA) is 38.3 Å². The zero-order valence-corrected chi connectivity index (χ0v) is 15.7. The number of carbonyl (C=O) groups excluding carboxylic acids is 1. The summed E-state index contributed by atoms with van der Waals surface area (Å²) < 4.78 is 6.07. The predicted octanol–water partition coefficient (Wildman–Crippen LogP) is 4.03. The molecule has 3 nitrogen and oxygen atoms in total. The van der Waals surface area contributed by atoms with E-state index in [1.54, 1.807) is 6.92 Å². The Bertz CT molecular complexity index is 521. The van der Waals surface area contributed by atoms with Gasteiger partial charge in [-0.1, -0.05) is 26.8 Å². The molecule has 0 aromatic heterocycles. The molecule has 22 heavy (non-hydrogen) atoms. The van der Waals surface area contributed by atoms with E-state index in [1.807, 2.05) is 31.7 Å². The fraction of sp³-hybridized carbons (Fsp3) is 0.611. The van der Waals surface area contributed by atoms with Crippen LogP contribution in [0.1, 0.15) is 44.4 Å². The van der Waals surface area contributed by atoms with Gasteiger partial charge in [-0.3, -0.25) is 4.79 Å². The molecule has 0 saturated heterocycles. The summed E-state index contributed by atoms with van der Waals surface area (Å²) in [5.41, 5.74) is 3.42. The first-order valence-corrected chi connectivity index (χ1v) is 8.75. The number of ether oxygens (including phenoxy) is 1. The van der Waals surface area contributed by atoms with Crippen molar-refractivity contribution in [1.82, 2.24) is 5.32 Å². The number of hydrogen-bond acceptors (Lipinski definition) is 3. The maximum Gasteiger partial charge on any atom is 0.260 e. The summed E-state index contributed by atoms with van der Waals surface area (Å²) in [7, 11) is 0. The molecule has 0 spiro atoms. The van der Waals surface area contributed by atoms with Crippen molar-refractivity contribution < 1.29 is 9.53 Å². The molecule has 0 aliphatic rings. The van der Waals surface area contributed by atoms with Gasteiger partial charge in [0.1, 0.15) is 5.75 Å². The molecule has 1 N–H and O–H groups in total. The van der Waals surface area contributed by atoms with Crippen molar-refractivity contribution in [2.75, 3.05) is 12.3 Å². The molecule has 1 aromatic rings. The van der Waals surface area contributed by atoms with Crippen LogP contribution < -0.4 is 10.1 Å². The second kappa shape index (κ2) is 7.91. The van der Waals surface area contributed by atoms with Gasteiger partial charge in [-0.25, -0.2) is 0 Å². The van der Waals surface area contributed by atoms with Crippen molar-refractivity contribution in [3.05, 3.63) is 28.8 Å². The van der Waals surface area contributed by atoms with Crippen molar-refractivity contribution in [3.8, 4) is 5.75 Å². The fourth-order valence-corrected chi connectivity index (χ4v) is 2.86. The fourth-order valence-electron chi connectivity index (χ4n) is 2.04. The van der Waals surface area contributed by atoms with Crippen LogP contribution in [0.15, 0.2) is 12.1 Å². The lowest BCUT2D eigenvalue weighted by Gasteiger charge is -2.19. The molecule has 124 valence electrons. The van der Waals surface area contributed by atoms with E-state index in [0.29, 0.717) is 6.54 Å². The quantitative estimate of drug-likeness (QED) is 0.803. The summed E-state index contributed by atoms with van der Waals surface area (Å²) in [5, 5.41) is 2.94. The van der Waals surface area contributed by atoms with Crippen molar-refractivity contribution in [2.45, 2.75) is 59.3 Å². The Morgan fingerprint density at radius 2 is 1.91 bits per heavy atom. The Hall–Kier alpha value is -1.16. The largest absolute Gasteiger partial charge is 0.481 e. The molecular formula is C18H29NO2S. The second-order valence-electron chi connectivity index (χ2n) is 6.72. The summed E-state index contributed by atoms with van der Waals surface area (Å²) >= 11 is 1.84. The smallest absolute Gasteiger partial charge is 0.260 e. The lowest BCUT2D eigenvalue weighted by molar-refractivity contribution is -0.127. The van der Waals surface area contributed by atoms with Gasteiger partial charge in [0.25, 0.3) is 5.91 Å². The van der Waals surface area contributed by atoms with Gasteiger partial charge in [0.2, 0.25) is 0 Å². The Morgan fingerprint density at radius 3 is 2.50 bits per heavy atom. The molecule has 0 radical (unpaired) electrons. The van der Waals surface area contributed by atoms with Gasteiger partial charge in [0.15, 0.2) is 6.10 Å². The number of nitrogens with one attached hydrogen (secondary N) is 1. The lowest BCUT2D eigenvalue weighted by atomic mass is 10.1. The average Bonchev–Trinajstić information content (AvgIpc) is 2.39. The van der Waals surface area contributed by atoms with E-state index in [4.69, 9.17) is 4.74 Å². The highest BCUT2D eigenvalue weighted by Gasteiger charge is 2.16. The minimum atomic E-state index is -0.487. The number of thioether (sulfide) groups is 1. The van der Waals surface area contributed by atoms with Gasteiger partial charge in [-0.2, -0.15) is 11.8 Å². The Balaban J connectivity index is 2.51. The Labute approximate surface area is 139 Å². The zero-order valence-electron chi connectivity index (χ0n) is 14.9. The Morgan fingerprint density at radius 1 is 1.27 bits per heavy atom. The van der Waals surface area contributed by atoms with E-state index in [0.717, 1.165) is 22.6 Å². The maximum atomic E-state index is 12.1. The molecule has 0 bridgehead atoms. The maximum absolute atomic E-state index is 12.1. The van der Waals surface area contributed by atoms with Crippen molar-refractivity contribution in [1.29, 1.82) is 0 Å². The molecule has 0 heterocycles. The number of benzene rings is 1. The van der Waals surface area contributed by atoms with Crippen molar-refractivity contribution >= 4 is 17.7 Å². The molecule has 1 aromatic carbocycles. The number of aryl methyl sites for hydroxylation is 2. The summed E-state index contributed by atoms with van der Waals surface area (Å²) in [6.07, 6.45) is -0.487. The molecule has 1 amide bonds. The van der Waals surface area contributed by atoms with Crippen LogP contribution in [0.2, 0.25) is 0 Å². The number of carbonyl (C=O) groups is 1. The molecule has 4 heteroatoms. The normalized spacial score (nSPS) is 12.9. The molecule has 1 rings (SSSR count). The van der Waals surface area contributed by atoms with Crippen LogP contribution in [0.5, 0.6) is 5.75 Å². The van der Waals surface area contributed by atoms with Crippen LogP contribution in [-0.2, 0) is 4.79 Å². The van der Waals surface area contributed by atoms with Gasteiger partial charge in [0.05, 0.1) is 0 Å². The predicted molar refractivity (Wildman–Crippen MR) is 96.0 cm³/mol. The van der Waals surface area contributed by atoms with Gasteiger partial charge < -0.3 is 10.1 Å². The van der Waals surface area contributed by atoms with E-state index < -0.39 is 6.10 Å². The number of rotatable bonds is 6. The van der Waals surface area contributed by atoms with E-state index in [2.05, 4.69) is 39.1 Å². The summed E-state index contributed by atoms with van der Waals surface area (Å²) in [6, 6.07) is 4.11. The van der Waals surface area contributed by atoms with Gasteiger partial charge in [-0.05, 0) is 50.5 Å². The molecular weight excluding hydrogens is 294 g/mol. The van der Waals surface area contributed by atoms with Crippen LogP contribution in [0.4, 0.5) is 0 Å². The third kappa shape index (κ3) is 6.30. The van der Waals surface area contributed by atoms with Crippen LogP contribution >= 0.6 is 11.8 Å². The van der Waals surface area contributed by atoms with Crippen LogP contribution in [0.25, 0.3) is 0 Å². The van der Waals surface area contributed by atoms with Crippen molar-refractivity contribution in [3.63, 3.8) is 0 Å². The first-order chi connectivity index (χ1) is 10.1. The van der Waals surface area contributed by atoms with E-state index >= 15 is 0 Å². The van der Waals surface area contributed by atoms with Gasteiger partial charge in [0, 0.05) is 17.0 Å². The molecule has 0 saturated carbocycles. The summed E-state index contributed by atoms with van der Waals surface area (Å²) in [4.78, 5) is 12.1. The SMILES string of the molecule is Cc1cc(C)c(C)c(O[C@H](C)C(=O)NCCSC(C)(C)C)c1. The molecule has 0 fully saturated rings. The van der Waals surface area contributed by atoms with Crippen molar-refractivity contribution in [2.24, 2.45) is 0 Å². The highest BCUT2D eigenvalue weighted by Crippen LogP contribution is 2.24. The van der Waals surface area contributed by atoms with E-state index in [-0.39, 0.29) is 10.7 Å². The highest BCUT2D eigenvalue weighted by molar-refractivity contribution is 8.00. The number of hydrogen-bond donors (Lipinski definition) is 1. The third-order valence-electron chi connectivity index (χ3n) is 3.37. The molecule has 1 atom stereocenters. The second-order valence-corrected chi connectivity index (χ2v) is 8.64. The minimum absolute atomic E-state index is 0.0620. The molecule has 0 aliphatic heterocycles. The minimum Gasteiger partial charge on any atom is -0.481 e.